The smallest absolute Gasteiger partial charge is 0.236 e. The van der Waals surface area contributed by atoms with E-state index < -0.39 is 0 Å². The maximum absolute atomic E-state index is 11.7. The fraction of sp³-hybridized carbons (Fsp3) is 0.500. The fourth-order valence-corrected chi connectivity index (χ4v) is 1.53. The summed E-state index contributed by atoms with van der Waals surface area (Å²) in [6.45, 7) is 6.78. The van der Waals surface area contributed by atoms with Gasteiger partial charge in [-0.3, -0.25) is 4.79 Å². The molecule has 1 aromatic rings. The van der Waals surface area contributed by atoms with Gasteiger partial charge in [0.05, 0.1) is 6.04 Å². The molecule has 0 saturated carbocycles. The molecule has 5 nitrogen and oxygen atoms in total. The number of nitrogens with one attached hydrogen (secondary N) is 2. The van der Waals surface area contributed by atoms with Crippen LogP contribution in [0.4, 0.5) is 0 Å². The Morgan fingerprint density at radius 2 is 1.95 bits per heavy atom. The summed E-state index contributed by atoms with van der Waals surface area (Å²) in [6.07, 6.45) is 0. The second kappa shape index (κ2) is 6.99. The Morgan fingerprint density at radius 1 is 1.26 bits per heavy atom. The predicted molar refractivity (Wildman–Crippen MR) is 73.9 cm³/mol. The molecule has 0 aliphatic carbocycles. The van der Waals surface area contributed by atoms with Crippen LogP contribution in [0.3, 0.4) is 0 Å². The van der Waals surface area contributed by atoms with E-state index >= 15 is 0 Å². The van der Waals surface area contributed by atoms with Gasteiger partial charge in [-0.2, -0.15) is 0 Å². The zero-order valence-electron chi connectivity index (χ0n) is 11.6. The topological polar surface area (TPSA) is 81.6 Å². The zero-order chi connectivity index (χ0) is 14.4. The van der Waals surface area contributed by atoms with E-state index in [-0.39, 0.29) is 23.4 Å². The van der Waals surface area contributed by atoms with E-state index in [1.54, 1.807) is 19.1 Å². The molecule has 1 aromatic carbocycles. The molecule has 106 valence electrons. The van der Waals surface area contributed by atoms with Crippen molar-refractivity contribution in [1.82, 2.24) is 10.6 Å². The molecule has 0 heterocycles. The largest absolute Gasteiger partial charge is 0.504 e. The van der Waals surface area contributed by atoms with Gasteiger partial charge in [-0.1, -0.05) is 26.0 Å². The first-order valence-electron chi connectivity index (χ1n) is 6.42. The van der Waals surface area contributed by atoms with E-state index in [4.69, 9.17) is 0 Å². The minimum Gasteiger partial charge on any atom is -0.504 e. The molecule has 1 amide bonds. The molecule has 1 unspecified atom stereocenters. The molecule has 0 aromatic heterocycles. The molecule has 0 bridgehead atoms. The summed E-state index contributed by atoms with van der Waals surface area (Å²) in [4.78, 5) is 11.7. The molecule has 4 N–H and O–H groups in total. The minimum atomic E-state index is -0.361. The monoisotopic (exact) mass is 266 g/mol. The van der Waals surface area contributed by atoms with Crippen molar-refractivity contribution in [2.45, 2.75) is 33.4 Å². The van der Waals surface area contributed by atoms with Gasteiger partial charge in [0.15, 0.2) is 11.5 Å². The molecule has 0 saturated heterocycles. The molecule has 5 heteroatoms. The van der Waals surface area contributed by atoms with Crippen molar-refractivity contribution in [1.29, 1.82) is 0 Å². The fourth-order valence-electron chi connectivity index (χ4n) is 1.53. The lowest BCUT2D eigenvalue weighted by molar-refractivity contribution is -0.122. The van der Waals surface area contributed by atoms with Crippen LogP contribution in [0.2, 0.25) is 0 Å². The number of amides is 1. The highest BCUT2D eigenvalue weighted by molar-refractivity contribution is 5.81. The van der Waals surface area contributed by atoms with Crippen molar-refractivity contribution in [2.24, 2.45) is 5.92 Å². The molecular weight excluding hydrogens is 244 g/mol. The summed E-state index contributed by atoms with van der Waals surface area (Å²) >= 11 is 0. The number of phenolic OH excluding ortho intramolecular Hbond substituents is 2. The van der Waals surface area contributed by atoms with E-state index in [0.29, 0.717) is 24.6 Å². The van der Waals surface area contributed by atoms with Gasteiger partial charge in [-0.05, 0) is 18.9 Å². The molecule has 0 spiro atoms. The number of carbonyl (C=O) groups is 1. The Kier molecular flexibility index (Phi) is 5.63. The van der Waals surface area contributed by atoms with Crippen LogP contribution in [0.5, 0.6) is 11.5 Å². The van der Waals surface area contributed by atoms with Crippen LogP contribution in [-0.2, 0) is 11.3 Å². The Labute approximate surface area is 113 Å². The molecule has 0 fully saturated rings. The number of rotatable bonds is 6. The normalized spacial score (nSPS) is 12.4. The lowest BCUT2D eigenvalue weighted by Crippen LogP contribution is -2.42. The average Bonchev–Trinajstić information content (AvgIpc) is 2.37. The van der Waals surface area contributed by atoms with Gasteiger partial charge >= 0.3 is 0 Å². The van der Waals surface area contributed by atoms with Crippen molar-refractivity contribution in [3.8, 4) is 11.5 Å². The Hall–Kier alpha value is -1.75. The van der Waals surface area contributed by atoms with Gasteiger partial charge < -0.3 is 20.8 Å². The summed E-state index contributed by atoms with van der Waals surface area (Å²) in [5.41, 5.74) is 0.559. The Bertz CT molecular complexity index is 433. The van der Waals surface area contributed by atoms with Gasteiger partial charge in [0.25, 0.3) is 0 Å². The zero-order valence-corrected chi connectivity index (χ0v) is 11.6. The molecular formula is C14H22N2O3. The number of para-hydroxylation sites is 1. The third kappa shape index (κ3) is 4.79. The maximum atomic E-state index is 11.7. The molecule has 0 aliphatic rings. The third-order valence-corrected chi connectivity index (χ3v) is 2.77. The highest BCUT2D eigenvalue weighted by Crippen LogP contribution is 2.27. The lowest BCUT2D eigenvalue weighted by atomic mass is 10.1. The number of carbonyl (C=O) groups excluding carboxylic acids is 1. The van der Waals surface area contributed by atoms with Crippen LogP contribution in [0, 0.1) is 5.92 Å². The first kappa shape index (κ1) is 15.3. The lowest BCUT2D eigenvalue weighted by Gasteiger charge is -2.15. The van der Waals surface area contributed by atoms with Gasteiger partial charge in [0.2, 0.25) is 5.91 Å². The maximum Gasteiger partial charge on any atom is 0.236 e. The number of hydrogen-bond donors (Lipinski definition) is 4. The van der Waals surface area contributed by atoms with Crippen LogP contribution in [0.25, 0.3) is 0 Å². The van der Waals surface area contributed by atoms with Crippen molar-refractivity contribution < 1.29 is 15.0 Å². The summed E-state index contributed by atoms with van der Waals surface area (Å²) in [7, 11) is 0. The van der Waals surface area contributed by atoms with E-state index in [1.165, 1.54) is 6.07 Å². The molecule has 1 rings (SSSR count). The predicted octanol–water partition coefficient (Wildman–Crippen LogP) is 1.35. The van der Waals surface area contributed by atoms with Crippen LogP contribution in [0.15, 0.2) is 18.2 Å². The first-order chi connectivity index (χ1) is 8.91. The number of benzene rings is 1. The van der Waals surface area contributed by atoms with E-state index in [2.05, 4.69) is 10.6 Å². The standard InChI is InChI=1S/C14H22N2O3/c1-9(2)7-16-14(19)10(3)15-8-11-5-4-6-12(17)13(11)18/h4-6,9-10,15,17-18H,7-8H2,1-3H3,(H,16,19). The van der Waals surface area contributed by atoms with Crippen molar-refractivity contribution in [3.63, 3.8) is 0 Å². The third-order valence-electron chi connectivity index (χ3n) is 2.77. The van der Waals surface area contributed by atoms with Crippen LogP contribution >= 0.6 is 0 Å². The van der Waals surface area contributed by atoms with E-state index in [0.717, 1.165) is 0 Å². The van der Waals surface area contributed by atoms with Gasteiger partial charge in [0.1, 0.15) is 0 Å². The van der Waals surface area contributed by atoms with Gasteiger partial charge in [-0.25, -0.2) is 0 Å². The highest BCUT2D eigenvalue weighted by atomic mass is 16.3. The van der Waals surface area contributed by atoms with E-state index in [9.17, 15) is 15.0 Å². The second-order valence-electron chi connectivity index (χ2n) is 5.03. The van der Waals surface area contributed by atoms with Crippen LogP contribution < -0.4 is 10.6 Å². The van der Waals surface area contributed by atoms with Crippen molar-refractivity contribution >= 4 is 5.91 Å². The quantitative estimate of drug-likeness (QED) is 0.586. The van der Waals surface area contributed by atoms with Crippen LogP contribution in [0.1, 0.15) is 26.3 Å². The first-order valence-corrected chi connectivity index (χ1v) is 6.42. The SMILES string of the molecule is CC(C)CNC(=O)C(C)NCc1cccc(O)c1O. The average molecular weight is 266 g/mol. The number of hydrogen-bond acceptors (Lipinski definition) is 4. The minimum absolute atomic E-state index is 0.0756. The van der Waals surface area contributed by atoms with Crippen molar-refractivity contribution in [2.75, 3.05) is 6.54 Å². The summed E-state index contributed by atoms with van der Waals surface area (Å²) in [5.74, 6) is 0.0283. The molecule has 19 heavy (non-hydrogen) atoms. The number of aromatic hydroxyl groups is 2. The van der Waals surface area contributed by atoms with Gasteiger partial charge in [0, 0.05) is 18.7 Å². The van der Waals surface area contributed by atoms with Crippen LogP contribution in [-0.4, -0.2) is 28.7 Å². The number of phenols is 2. The highest BCUT2D eigenvalue weighted by Gasteiger charge is 2.13. The summed E-state index contributed by atoms with van der Waals surface area (Å²) < 4.78 is 0. The Balaban J connectivity index is 2.47. The second-order valence-corrected chi connectivity index (χ2v) is 5.03. The molecule has 1 atom stereocenters. The molecule has 0 aliphatic heterocycles. The summed E-state index contributed by atoms with van der Waals surface area (Å²) in [6, 6.07) is 4.40. The Morgan fingerprint density at radius 3 is 2.58 bits per heavy atom. The summed E-state index contributed by atoms with van der Waals surface area (Å²) in [5, 5.41) is 24.8. The van der Waals surface area contributed by atoms with E-state index in [1.807, 2.05) is 13.8 Å². The van der Waals surface area contributed by atoms with Crippen molar-refractivity contribution in [3.05, 3.63) is 23.8 Å². The molecule has 0 radical (unpaired) electrons. The van der Waals surface area contributed by atoms with Gasteiger partial charge in [-0.15, -0.1) is 0 Å².